The molecule has 2 rings (SSSR count). The van der Waals surface area contributed by atoms with Crippen LogP contribution in [0.25, 0.3) is 0 Å². The number of rotatable bonds is 8. The fourth-order valence-corrected chi connectivity index (χ4v) is 2.12. The Morgan fingerprint density at radius 2 is 2.00 bits per heavy atom. The predicted molar refractivity (Wildman–Crippen MR) is 90.6 cm³/mol. The van der Waals surface area contributed by atoms with E-state index in [0.29, 0.717) is 5.95 Å². The van der Waals surface area contributed by atoms with Gasteiger partial charge in [0.05, 0.1) is 6.20 Å². The molecule has 0 aliphatic carbocycles. The zero-order valence-electron chi connectivity index (χ0n) is 13.5. The fourth-order valence-electron chi connectivity index (χ4n) is 2.12. The van der Waals surface area contributed by atoms with Crippen LogP contribution in [0.5, 0.6) is 0 Å². The standard InChI is InChI=1S/C16H24N6/c1-4-13-8-5-6-9-14(13)19-16-20-15(12-18-21-16)17-10-7-11-22(2)3/h5-6,8-9,12H,4,7,10-11H2,1-3H3,(H2,17,19,20,21). The molecule has 0 atom stereocenters. The molecular weight excluding hydrogens is 276 g/mol. The third kappa shape index (κ3) is 4.96. The highest BCUT2D eigenvalue weighted by molar-refractivity contribution is 5.58. The van der Waals surface area contributed by atoms with Crippen LogP contribution >= 0.6 is 0 Å². The Morgan fingerprint density at radius 1 is 1.18 bits per heavy atom. The summed E-state index contributed by atoms with van der Waals surface area (Å²) in [5.41, 5.74) is 2.26. The average molecular weight is 300 g/mol. The largest absolute Gasteiger partial charge is 0.369 e. The van der Waals surface area contributed by atoms with Crippen molar-refractivity contribution in [2.24, 2.45) is 0 Å². The Balaban J connectivity index is 1.96. The van der Waals surface area contributed by atoms with Crippen LogP contribution in [0.4, 0.5) is 17.5 Å². The van der Waals surface area contributed by atoms with Gasteiger partial charge in [-0.15, -0.1) is 5.10 Å². The minimum Gasteiger partial charge on any atom is -0.369 e. The van der Waals surface area contributed by atoms with Gasteiger partial charge in [0.2, 0.25) is 5.95 Å². The number of hydrogen-bond donors (Lipinski definition) is 2. The lowest BCUT2D eigenvalue weighted by Gasteiger charge is -2.11. The molecule has 0 aliphatic rings. The van der Waals surface area contributed by atoms with Crippen LogP contribution in [-0.4, -0.2) is 47.3 Å². The molecular formula is C16H24N6. The van der Waals surface area contributed by atoms with Crippen molar-refractivity contribution in [1.29, 1.82) is 0 Å². The van der Waals surface area contributed by atoms with E-state index in [9.17, 15) is 0 Å². The summed E-state index contributed by atoms with van der Waals surface area (Å²) in [6.07, 6.45) is 3.66. The van der Waals surface area contributed by atoms with Gasteiger partial charge >= 0.3 is 0 Å². The van der Waals surface area contributed by atoms with Crippen LogP contribution in [0.2, 0.25) is 0 Å². The van der Waals surface area contributed by atoms with Gasteiger partial charge in [0.15, 0.2) is 5.82 Å². The Kier molecular flexibility index (Phi) is 6.09. The molecule has 0 fully saturated rings. The molecule has 6 heteroatoms. The highest BCUT2D eigenvalue weighted by atomic mass is 15.3. The monoisotopic (exact) mass is 300 g/mol. The SMILES string of the molecule is CCc1ccccc1Nc1nncc(NCCCN(C)C)n1. The summed E-state index contributed by atoms with van der Waals surface area (Å²) >= 11 is 0. The maximum atomic E-state index is 4.45. The number of para-hydroxylation sites is 1. The van der Waals surface area contributed by atoms with Gasteiger partial charge in [-0.25, -0.2) is 0 Å². The highest BCUT2D eigenvalue weighted by Crippen LogP contribution is 2.19. The summed E-state index contributed by atoms with van der Waals surface area (Å²) in [5, 5.41) is 14.6. The van der Waals surface area contributed by atoms with Crippen molar-refractivity contribution in [1.82, 2.24) is 20.1 Å². The molecule has 0 radical (unpaired) electrons. The molecule has 1 heterocycles. The lowest BCUT2D eigenvalue weighted by Crippen LogP contribution is -2.17. The summed E-state index contributed by atoms with van der Waals surface area (Å²) in [6.45, 7) is 4.03. The van der Waals surface area contributed by atoms with Gasteiger partial charge < -0.3 is 15.5 Å². The molecule has 22 heavy (non-hydrogen) atoms. The Morgan fingerprint density at radius 3 is 2.77 bits per heavy atom. The number of aromatic nitrogens is 3. The number of nitrogens with zero attached hydrogens (tertiary/aromatic N) is 4. The van der Waals surface area contributed by atoms with Crippen molar-refractivity contribution >= 4 is 17.5 Å². The molecule has 0 saturated carbocycles. The number of anilines is 3. The molecule has 0 amide bonds. The van der Waals surface area contributed by atoms with Gasteiger partial charge in [0.25, 0.3) is 0 Å². The van der Waals surface area contributed by atoms with E-state index < -0.39 is 0 Å². The van der Waals surface area contributed by atoms with E-state index in [4.69, 9.17) is 0 Å². The number of benzene rings is 1. The summed E-state index contributed by atoms with van der Waals surface area (Å²) in [4.78, 5) is 6.61. The molecule has 1 aromatic carbocycles. The first-order valence-electron chi connectivity index (χ1n) is 7.62. The summed E-state index contributed by atoms with van der Waals surface area (Å²) in [5.74, 6) is 1.25. The first kappa shape index (κ1) is 16.2. The van der Waals surface area contributed by atoms with E-state index in [-0.39, 0.29) is 0 Å². The van der Waals surface area contributed by atoms with Gasteiger partial charge in [-0.05, 0) is 45.1 Å². The van der Waals surface area contributed by atoms with Gasteiger partial charge in [-0.3, -0.25) is 0 Å². The van der Waals surface area contributed by atoms with Gasteiger partial charge in [0, 0.05) is 12.2 Å². The molecule has 2 N–H and O–H groups in total. The van der Waals surface area contributed by atoms with E-state index in [0.717, 1.165) is 37.4 Å². The van der Waals surface area contributed by atoms with Crippen LogP contribution in [0.15, 0.2) is 30.5 Å². The van der Waals surface area contributed by atoms with Crippen LogP contribution in [-0.2, 0) is 6.42 Å². The molecule has 0 unspecified atom stereocenters. The second-order valence-electron chi connectivity index (χ2n) is 5.38. The van der Waals surface area contributed by atoms with E-state index in [1.165, 1.54) is 5.56 Å². The first-order chi connectivity index (χ1) is 10.7. The molecule has 1 aromatic heterocycles. The fraction of sp³-hybridized carbons (Fsp3) is 0.438. The average Bonchev–Trinajstić information content (AvgIpc) is 2.52. The lowest BCUT2D eigenvalue weighted by atomic mass is 10.1. The minimum atomic E-state index is 0.513. The van der Waals surface area contributed by atoms with Crippen molar-refractivity contribution in [2.45, 2.75) is 19.8 Å². The zero-order valence-corrected chi connectivity index (χ0v) is 13.5. The van der Waals surface area contributed by atoms with E-state index in [1.807, 2.05) is 18.2 Å². The number of aryl methyl sites for hydroxylation is 1. The lowest BCUT2D eigenvalue weighted by molar-refractivity contribution is 0.405. The quantitative estimate of drug-likeness (QED) is 0.730. The van der Waals surface area contributed by atoms with E-state index in [2.05, 4.69) is 57.8 Å². The van der Waals surface area contributed by atoms with Crippen LogP contribution < -0.4 is 10.6 Å². The molecule has 2 aromatic rings. The molecule has 6 nitrogen and oxygen atoms in total. The normalized spacial score (nSPS) is 10.7. The maximum Gasteiger partial charge on any atom is 0.249 e. The van der Waals surface area contributed by atoms with Gasteiger partial charge in [-0.2, -0.15) is 10.1 Å². The van der Waals surface area contributed by atoms with E-state index in [1.54, 1.807) is 6.20 Å². The third-order valence-corrected chi connectivity index (χ3v) is 3.29. The maximum absolute atomic E-state index is 4.45. The zero-order chi connectivity index (χ0) is 15.8. The van der Waals surface area contributed by atoms with Gasteiger partial charge in [-0.1, -0.05) is 25.1 Å². The summed E-state index contributed by atoms with van der Waals surface area (Å²) in [6, 6.07) is 8.16. The van der Waals surface area contributed by atoms with Crippen LogP contribution in [0.1, 0.15) is 18.9 Å². The number of nitrogens with one attached hydrogen (secondary N) is 2. The minimum absolute atomic E-state index is 0.513. The van der Waals surface area contributed by atoms with Crippen molar-refractivity contribution in [2.75, 3.05) is 37.8 Å². The highest BCUT2D eigenvalue weighted by Gasteiger charge is 2.04. The molecule has 0 saturated heterocycles. The second-order valence-corrected chi connectivity index (χ2v) is 5.38. The molecule has 0 aliphatic heterocycles. The van der Waals surface area contributed by atoms with Gasteiger partial charge in [0.1, 0.15) is 0 Å². The molecule has 118 valence electrons. The van der Waals surface area contributed by atoms with Crippen LogP contribution in [0, 0.1) is 0 Å². The second kappa shape index (κ2) is 8.29. The third-order valence-electron chi connectivity index (χ3n) is 3.29. The van der Waals surface area contributed by atoms with E-state index >= 15 is 0 Å². The number of hydrogen-bond acceptors (Lipinski definition) is 6. The predicted octanol–water partition coefficient (Wildman–Crippen LogP) is 2.54. The Labute approximate surface area is 132 Å². The Bertz CT molecular complexity index is 584. The van der Waals surface area contributed by atoms with Crippen LogP contribution in [0.3, 0.4) is 0 Å². The molecule has 0 bridgehead atoms. The van der Waals surface area contributed by atoms with Crippen molar-refractivity contribution in [3.8, 4) is 0 Å². The van der Waals surface area contributed by atoms with Crippen molar-refractivity contribution in [3.63, 3.8) is 0 Å². The summed E-state index contributed by atoms with van der Waals surface area (Å²) in [7, 11) is 4.14. The Hall–Kier alpha value is -2.21. The summed E-state index contributed by atoms with van der Waals surface area (Å²) < 4.78 is 0. The van der Waals surface area contributed by atoms with Crippen molar-refractivity contribution in [3.05, 3.63) is 36.0 Å². The molecule has 0 spiro atoms. The topological polar surface area (TPSA) is 66.0 Å². The smallest absolute Gasteiger partial charge is 0.249 e. The van der Waals surface area contributed by atoms with Crippen molar-refractivity contribution < 1.29 is 0 Å². The first-order valence-corrected chi connectivity index (χ1v) is 7.62.